The molecule has 3 heteroatoms. The van der Waals surface area contributed by atoms with Crippen molar-refractivity contribution in [3.8, 4) is 11.5 Å². The van der Waals surface area contributed by atoms with Gasteiger partial charge in [-0.3, -0.25) is 0 Å². The first-order valence-corrected chi connectivity index (χ1v) is 6.06. The smallest absolute Gasteiger partial charge is 0.163 e. The molecule has 1 rings (SSSR count). The Kier molecular flexibility index (Phi) is 4.01. The Labute approximate surface area is 88.7 Å². The Morgan fingerprint density at radius 3 is 2.36 bits per heavy atom. The molecule has 78 valence electrons. The summed E-state index contributed by atoms with van der Waals surface area (Å²) in [6, 6.07) is 4.12. The van der Waals surface area contributed by atoms with E-state index in [9.17, 15) is 0 Å². The third-order valence-corrected chi connectivity index (χ3v) is 3.31. The second kappa shape index (κ2) is 5.05. The zero-order chi connectivity index (χ0) is 10.6. The lowest BCUT2D eigenvalue weighted by molar-refractivity contribution is 0.286. The van der Waals surface area contributed by atoms with Crippen molar-refractivity contribution in [2.24, 2.45) is 0 Å². The van der Waals surface area contributed by atoms with Crippen LogP contribution in [-0.4, -0.2) is 23.5 Å². The van der Waals surface area contributed by atoms with E-state index in [4.69, 9.17) is 9.47 Å². The Balaban J connectivity index is 3.08. The van der Waals surface area contributed by atoms with Crippen molar-refractivity contribution in [1.82, 2.24) is 0 Å². The van der Waals surface area contributed by atoms with E-state index in [1.807, 2.05) is 19.9 Å². The van der Waals surface area contributed by atoms with Crippen LogP contribution in [0.2, 0.25) is 0 Å². The number of rotatable bonds is 4. The van der Waals surface area contributed by atoms with Gasteiger partial charge in [-0.15, -0.1) is 0 Å². The van der Waals surface area contributed by atoms with Crippen molar-refractivity contribution in [3.63, 3.8) is 0 Å². The summed E-state index contributed by atoms with van der Waals surface area (Å²) in [5.41, 5.74) is 1.23. The first-order chi connectivity index (χ1) is 6.70. The van der Waals surface area contributed by atoms with Crippen molar-refractivity contribution >= 4 is 15.4 Å². The Bertz CT molecular complexity index is 310. The molecule has 0 aromatic heterocycles. The van der Waals surface area contributed by atoms with E-state index >= 15 is 0 Å². The number of hydrogen-bond donors (Lipinski definition) is 0. The molecule has 1 aromatic rings. The van der Waals surface area contributed by atoms with Gasteiger partial charge in [0.1, 0.15) is 0 Å². The highest BCUT2D eigenvalue weighted by Gasteiger charge is 2.09. The minimum Gasteiger partial charge on any atom is -0.490 e. The molecule has 0 unspecified atom stereocenters. The maximum absolute atomic E-state index is 5.60. The Morgan fingerprint density at radius 2 is 1.79 bits per heavy atom. The van der Waals surface area contributed by atoms with Crippen LogP contribution in [-0.2, 0) is 0 Å². The second-order valence-corrected chi connectivity index (χ2v) is 4.28. The van der Waals surface area contributed by atoms with Crippen LogP contribution in [0.4, 0.5) is 0 Å². The monoisotopic (exact) mass is 210 g/mol. The summed E-state index contributed by atoms with van der Waals surface area (Å²) < 4.78 is 11.1. The predicted molar refractivity (Wildman–Crippen MR) is 63.1 cm³/mol. The molecule has 0 aliphatic rings. The van der Waals surface area contributed by atoms with Crippen LogP contribution in [0.15, 0.2) is 12.1 Å². The molecule has 0 radical (unpaired) electrons. The summed E-state index contributed by atoms with van der Waals surface area (Å²) in [5.74, 6) is 1.79. The van der Waals surface area contributed by atoms with Crippen LogP contribution >= 0.6 is 0 Å². The molecule has 0 saturated heterocycles. The molecular weight excluding hydrogens is 192 g/mol. The van der Waals surface area contributed by atoms with Gasteiger partial charge in [-0.05, 0) is 32.4 Å². The quantitative estimate of drug-likeness (QED) is 0.684. The number of hydrogen-bond acceptors (Lipinski definition) is 2. The normalized spacial score (nSPS) is 10.2. The highest BCUT2D eigenvalue weighted by molar-refractivity contribution is 6.33. The predicted octanol–water partition coefficient (Wildman–Crippen LogP) is 0.783. The fraction of sp³-hybridized carbons (Fsp3) is 0.455. The molecule has 2 nitrogen and oxygen atoms in total. The lowest BCUT2D eigenvalue weighted by Crippen LogP contribution is -2.11. The molecular formula is C11H18O2Si. The number of benzene rings is 1. The van der Waals surface area contributed by atoms with Crippen LogP contribution in [0.5, 0.6) is 11.5 Å². The van der Waals surface area contributed by atoms with Gasteiger partial charge < -0.3 is 9.47 Å². The molecule has 0 heterocycles. The van der Waals surface area contributed by atoms with Crippen LogP contribution < -0.4 is 14.7 Å². The van der Waals surface area contributed by atoms with E-state index in [1.54, 1.807) is 0 Å². The van der Waals surface area contributed by atoms with Crippen molar-refractivity contribution in [3.05, 3.63) is 17.7 Å². The molecule has 0 atom stereocenters. The molecule has 0 bridgehead atoms. The van der Waals surface area contributed by atoms with E-state index in [-0.39, 0.29) is 0 Å². The molecule has 0 amide bonds. The highest BCUT2D eigenvalue weighted by Crippen LogP contribution is 2.29. The lowest BCUT2D eigenvalue weighted by atomic mass is 10.2. The molecule has 0 spiro atoms. The lowest BCUT2D eigenvalue weighted by Gasteiger charge is -2.14. The maximum Gasteiger partial charge on any atom is 0.163 e. The molecule has 14 heavy (non-hydrogen) atoms. The van der Waals surface area contributed by atoms with Gasteiger partial charge in [-0.2, -0.15) is 0 Å². The maximum atomic E-state index is 5.60. The van der Waals surface area contributed by atoms with Crippen LogP contribution in [0.25, 0.3) is 0 Å². The molecule has 0 aliphatic heterocycles. The van der Waals surface area contributed by atoms with Crippen molar-refractivity contribution in [2.45, 2.75) is 20.8 Å². The van der Waals surface area contributed by atoms with E-state index in [0.717, 1.165) is 21.7 Å². The van der Waals surface area contributed by atoms with Crippen molar-refractivity contribution < 1.29 is 9.47 Å². The topological polar surface area (TPSA) is 18.5 Å². The standard InChI is InChI=1S/C11H18O2Si/c1-4-12-9-6-7-10(14)8(3)11(9)13-5-2/h6-7H,4-5H2,1-3,14H3. The van der Waals surface area contributed by atoms with Crippen molar-refractivity contribution in [1.29, 1.82) is 0 Å². The van der Waals surface area contributed by atoms with Gasteiger partial charge in [0.25, 0.3) is 0 Å². The van der Waals surface area contributed by atoms with E-state index < -0.39 is 0 Å². The Hall–Kier alpha value is -0.963. The molecule has 0 fully saturated rings. The minimum absolute atomic E-state index is 0.681. The van der Waals surface area contributed by atoms with Gasteiger partial charge >= 0.3 is 0 Å². The van der Waals surface area contributed by atoms with Crippen LogP contribution in [0.1, 0.15) is 19.4 Å². The van der Waals surface area contributed by atoms with Crippen LogP contribution in [0.3, 0.4) is 0 Å². The highest BCUT2D eigenvalue weighted by atomic mass is 28.1. The first kappa shape index (κ1) is 11.1. The third kappa shape index (κ3) is 2.29. The minimum atomic E-state index is 0.681. The SMILES string of the molecule is CCOc1ccc([SiH3])c(C)c1OCC. The molecule has 0 aliphatic carbocycles. The summed E-state index contributed by atoms with van der Waals surface area (Å²) in [4.78, 5) is 0. The van der Waals surface area contributed by atoms with Gasteiger partial charge in [0, 0.05) is 10.2 Å². The molecule has 0 saturated carbocycles. The van der Waals surface area contributed by atoms with Gasteiger partial charge in [-0.1, -0.05) is 11.3 Å². The van der Waals surface area contributed by atoms with Gasteiger partial charge in [-0.25, -0.2) is 0 Å². The summed E-state index contributed by atoms with van der Waals surface area (Å²) >= 11 is 0. The second-order valence-electron chi connectivity index (χ2n) is 3.20. The van der Waals surface area contributed by atoms with Crippen molar-refractivity contribution in [2.75, 3.05) is 13.2 Å². The van der Waals surface area contributed by atoms with Gasteiger partial charge in [0.2, 0.25) is 0 Å². The van der Waals surface area contributed by atoms with Gasteiger partial charge in [0.05, 0.1) is 13.2 Å². The first-order valence-electron chi connectivity index (χ1n) is 5.06. The summed E-state index contributed by atoms with van der Waals surface area (Å²) in [6.07, 6.45) is 0. The third-order valence-electron chi connectivity index (χ3n) is 2.23. The van der Waals surface area contributed by atoms with Gasteiger partial charge in [0.15, 0.2) is 11.5 Å². The van der Waals surface area contributed by atoms with E-state index in [1.165, 1.54) is 10.8 Å². The fourth-order valence-corrected chi connectivity index (χ4v) is 1.75. The van der Waals surface area contributed by atoms with E-state index in [2.05, 4.69) is 13.0 Å². The average Bonchev–Trinajstić information content (AvgIpc) is 2.18. The fourth-order valence-electron chi connectivity index (χ4n) is 1.36. The zero-order valence-corrected chi connectivity index (χ0v) is 11.4. The molecule has 0 N–H and O–H groups in total. The summed E-state index contributed by atoms with van der Waals surface area (Å²) in [6.45, 7) is 7.44. The molecule has 1 aromatic carbocycles. The Morgan fingerprint density at radius 1 is 1.14 bits per heavy atom. The average molecular weight is 210 g/mol. The van der Waals surface area contributed by atoms with Crippen LogP contribution in [0, 0.1) is 6.92 Å². The summed E-state index contributed by atoms with van der Waals surface area (Å²) in [7, 11) is 1.05. The van der Waals surface area contributed by atoms with E-state index in [0.29, 0.717) is 13.2 Å². The zero-order valence-electron chi connectivity index (χ0n) is 9.39. The largest absolute Gasteiger partial charge is 0.490 e. The number of ether oxygens (including phenoxy) is 2. The summed E-state index contributed by atoms with van der Waals surface area (Å²) in [5, 5.41) is 1.37.